The zero-order valence-electron chi connectivity index (χ0n) is 32.2. The number of fused-ring (bicyclic) bond motifs is 3. The molecule has 0 aliphatic heterocycles. The molecule has 4 nitrogen and oxygen atoms in total. The van der Waals surface area contributed by atoms with Crippen molar-refractivity contribution in [3.8, 4) is 44.9 Å². The van der Waals surface area contributed by atoms with Gasteiger partial charge in [0.05, 0.1) is 11.3 Å². The molecule has 0 amide bonds. The summed E-state index contributed by atoms with van der Waals surface area (Å²) in [4.78, 5) is 13.9. The summed E-state index contributed by atoms with van der Waals surface area (Å²) in [5.74, 6) is 0. The molecule has 0 saturated heterocycles. The van der Waals surface area contributed by atoms with Crippen molar-refractivity contribution in [1.82, 2.24) is 15.0 Å². The van der Waals surface area contributed by atoms with E-state index in [9.17, 15) is 0 Å². The first-order valence-electron chi connectivity index (χ1n) is 18.2. The normalized spacial score (nSPS) is 12.0. The summed E-state index contributed by atoms with van der Waals surface area (Å²) >= 11 is 0. The first-order valence-corrected chi connectivity index (χ1v) is 17.2. The van der Waals surface area contributed by atoms with Crippen LogP contribution in [-0.4, -0.2) is 15.0 Å². The fourth-order valence-electron chi connectivity index (χ4n) is 6.37. The molecule has 4 aromatic heterocycles. The number of benzene rings is 4. The van der Waals surface area contributed by atoms with Crippen molar-refractivity contribution in [2.45, 2.75) is 47.9 Å². The van der Waals surface area contributed by atoms with Gasteiger partial charge in [-0.3, -0.25) is 0 Å². The summed E-state index contributed by atoms with van der Waals surface area (Å²) in [7, 11) is 0. The molecule has 0 atom stereocenters. The van der Waals surface area contributed by atoms with Crippen molar-refractivity contribution < 1.29 is 27.3 Å². The Labute approximate surface area is 323 Å². The Morgan fingerprint density at radius 1 is 0.692 bits per heavy atom. The fraction of sp³-hybridized carbons (Fsp3) is 0.170. The smallest absolute Gasteiger partial charge is 0.216 e. The number of pyridine rings is 3. The van der Waals surface area contributed by atoms with Crippen LogP contribution in [0.25, 0.3) is 67.0 Å². The Bertz CT molecular complexity index is 2520. The molecular weight excluding hydrogens is 815 g/mol. The first-order chi connectivity index (χ1) is 25.4. The van der Waals surface area contributed by atoms with Gasteiger partial charge >= 0.3 is 0 Å². The van der Waals surface area contributed by atoms with E-state index in [-0.39, 0.29) is 20.1 Å². The predicted molar refractivity (Wildman–Crippen MR) is 210 cm³/mol. The monoisotopic (exact) mass is 858 g/mol. The molecule has 4 aromatic carbocycles. The van der Waals surface area contributed by atoms with Gasteiger partial charge in [-0.2, -0.15) is 0 Å². The van der Waals surface area contributed by atoms with Gasteiger partial charge in [0.1, 0.15) is 0 Å². The Morgan fingerprint density at radius 2 is 1.44 bits per heavy atom. The molecule has 0 spiro atoms. The minimum absolute atomic E-state index is 0. The van der Waals surface area contributed by atoms with E-state index in [1.54, 1.807) is 12.3 Å². The minimum Gasteiger partial charge on any atom is -0.486 e. The zero-order chi connectivity index (χ0) is 37.3. The van der Waals surface area contributed by atoms with E-state index in [1.807, 2.05) is 88.5 Å². The van der Waals surface area contributed by atoms with Crippen LogP contribution in [0.15, 0.2) is 132 Å². The summed E-state index contributed by atoms with van der Waals surface area (Å²) in [6, 6.07) is 44.7. The fourth-order valence-corrected chi connectivity index (χ4v) is 6.37. The van der Waals surface area contributed by atoms with E-state index in [0.29, 0.717) is 28.1 Å². The maximum absolute atomic E-state index is 8.73. The second-order valence-corrected chi connectivity index (χ2v) is 13.9. The third-order valence-corrected chi connectivity index (χ3v) is 8.63. The van der Waals surface area contributed by atoms with Crippen LogP contribution < -0.4 is 0 Å². The van der Waals surface area contributed by atoms with Crippen molar-refractivity contribution in [1.29, 1.82) is 0 Å². The van der Waals surface area contributed by atoms with Crippen LogP contribution in [0.3, 0.4) is 0 Å². The molecule has 0 saturated carbocycles. The Balaban J connectivity index is 0.000000300. The predicted octanol–water partition coefficient (Wildman–Crippen LogP) is 12.2. The van der Waals surface area contributed by atoms with Crippen molar-refractivity contribution in [3.05, 3.63) is 162 Å². The Morgan fingerprint density at radius 3 is 2.13 bits per heavy atom. The average Bonchev–Trinajstić information content (AvgIpc) is 3.54. The van der Waals surface area contributed by atoms with E-state index >= 15 is 0 Å². The number of nitrogens with zero attached hydrogens (tertiary/aromatic N) is 3. The molecule has 4 heterocycles. The van der Waals surface area contributed by atoms with E-state index in [4.69, 9.17) is 12.1 Å². The number of hydrogen-bond acceptors (Lipinski definition) is 4. The summed E-state index contributed by atoms with van der Waals surface area (Å²) in [6.07, 6.45) is 2.00. The van der Waals surface area contributed by atoms with Crippen molar-refractivity contribution >= 4 is 22.1 Å². The Kier molecular flexibility index (Phi) is 10.2. The van der Waals surface area contributed by atoms with Gasteiger partial charge < -0.3 is 14.4 Å². The summed E-state index contributed by atoms with van der Waals surface area (Å²) < 4.78 is 23.8. The second kappa shape index (κ2) is 15.6. The number of aryl methyl sites for hydroxylation is 3. The van der Waals surface area contributed by atoms with Crippen LogP contribution in [0, 0.1) is 38.3 Å². The third kappa shape index (κ3) is 8.12. The molecule has 261 valence electrons. The molecule has 5 heteroatoms. The topological polar surface area (TPSA) is 51.8 Å². The minimum atomic E-state index is -1.53. The largest absolute Gasteiger partial charge is 0.486 e. The summed E-state index contributed by atoms with van der Waals surface area (Å²) in [6.45, 7) is 12.0. The molecule has 0 fully saturated rings. The van der Waals surface area contributed by atoms with Crippen molar-refractivity contribution in [3.63, 3.8) is 0 Å². The quantitative estimate of drug-likeness (QED) is 0.162. The van der Waals surface area contributed by atoms with Gasteiger partial charge in [0, 0.05) is 46.2 Å². The summed E-state index contributed by atoms with van der Waals surface area (Å²) in [5.41, 5.74) is 12.4. The maximum Gasteiger partial charge on any atom is 0.216 e. The van der Waals surface area contributed by atoms with Gasteiger partial charge in [-0.15, -0.1) is 54.1 Å². The van der Waals surface area contributed by atoms with Gasteiger partial charge in [0.2, 0.25) is 5.71 Å². The summed E-state index contributed by atoms with van der Waals surface area (Å²) in [5, 5.41) is 1.85. The van der Waals surface area contributed by atoms with Gasteiger partial charge in [0.25, 0.3) is 0 Å². The van der Waals surface area contributed by atoms with Crippen LogP contribution in [0.4, 0.5) is 0 Å². The van der Waals surface area contributed by atoms with E-state index in [1.165, 1.54) is 16.7 Å². The Hall–Kier alpha value is -5.22. The van der Waals surface area contributed by atoms with Crippen LogP contribution in [0.5, 0.6) is 0 Å². The van der Waals surface area contributed by atoms with Gasteiger partial charge in [-0.1, -0.05) is 97.9 Å². The molecule has 0 aliphatic carbocycles. The number of rotatable bonds is 5. The van der Waals surface area contributed by atoms with Gasteiger partial charge in [-0.25, -0.2) is 4.98 Å². The van der Waals surface area contributed by atoms with Crippen molar-refractivity contribution in [2.75, 3.05) is 0 Å². The van der Waals surface area contributed by atoms with Crippen LogP contribution in [-0.2, 0) is 26.5 Å². The maximum atomic E-state index is 8.73. The van der Waals surface area contributed by atoms with E-state index in [2.05, 4.69) is 90.5 Å². The molecule has 0 N–H and O–H groups in total. The van der Waals surface area contributed by atoms with E-state index in [0.717, 1.165) is 44.4 Å². The molecular formula is C47H41IrN3O-2. The second-order valence-electron chi connectivity index (χ2n) is 13.9. The van der Waals surface area contributed by atoms with Crippen molar-refractivity contribution in [2.24, 2.45) is 5.41 Å². The number of hydrogen-bond donors (Lipinski definition) is 0. The van der Waals surface area contributed by atoms with Crippen LogP contribution in [0.1, 0.15) is 45.8 Å². The SMILES string of the molecule is Cc1ccc(-c2[c-]cccc2)nc1.[2H]C([2H])(c1ccnc(-c2[c-]ccc3c2oc2nc(-c4c(C)cc(-c5ccccc5)cc4C)ccc23)c1)C(C)(C)C.[Ir]. The number of aromatic nitrogens is 3. The van der Waals surface area contributed by atoms with Gasteiger partial charge in [-0.05, 0) is 90.0 Å². The molecule has 0 aliphatic rings. The zero-order valence-corrected chi connectivity index (χ0v) is 32.6. The molecule has 0 unspecified atom stereocenters. The average molecular weight is 858 g/mol. The standard InChI is InChI=1S/C35H31N2O.C12H10N.Ir/c1-22-18-26(25-10-7-6-8-11-25)19-23(2)32(22)30-15-14-28-27-12-9-13-29(33(27)38-34(28)37-30)31-20-24(16-17-36-31)21-35(3,4)5;1-10-7-8-12(13-9-10)11-5-3-2-4-6-11;/h6-12,14-20H,21H2,1-5H3;2-5,7-9H,1H3;/q2*-1;/i21D2;;. The number of furan rings is 1. The van der Waals surface area contributed by atoms with Crippen LogP contribution in [0.2, 0.25) is 0 Å². The van der Waals surface area contributed by atoms with E-state index < -0.39 is 11.8 Å². The molecule has 8 aromatic rings. The molecule has 1 radical (unpaired) electrons. The molecule has 52 heavy (non-hydrogen) atoms. The molecule has 8 rings (SSSR count). The van der Waals surface area contributed by atoms with Crippen LogP contribution >= 0.6 is 0 Å². The van der Waals surface area contributed by atoms with Gasteiger partial charge in [0.15, 0.2) is 0 Å². The first kappa shape index (κ1) is 33.9. The molecule has 0 bridgehead atoms. The third-order valence-electron chi connectivity index (χ3n) is 8.63.